The third kappa shape index (κ3) is 2.41. The van der Waals surface area contributed by atoms with Crippen molar-refractivity contribution in [2.45, 2.75) is 57.6 Å². The molecule has 0 aromatic rings. The molecule has 0 aromatic carbocycles. The van der Waals surface area contributed by atoms with Gasteiger partial charge >= 0.3 is 0 Å². The summed E-state index contributed by atoms with van der Waals surface area (Å²) >= 11 is 0. The average molecular weight is 254 g/mol. The van der Waals surface area contributed by atoms with Gasteiger partial charge in [0.2, 0.25) is 5.91 Å². The van der Waals surface area contributed by atoms with Gasteiger partial charge in [0, 0.05) is 13.6 Å². The van der Waals surface area contributed by atoms with Crippen LogP contribution in [0.15, 0.2) is 0 Å². The molecule has 2 aliphatic rings. The maximum Gasteiger partial charge on any atom is 0.230 e. The second-order valence-corrected chi connectivity index (χ2v) is 5.90. The van der Waals surface area contributed by atoms with Crippen molar-refractivity contribution < 1.29 is 9.90 Å². The molecule has 0 aromatic heterocycles. The van der Waals surface area contributed by atoms with Gasteiger partial charge in [0.05, 0.1) is 17.6 Å². The quantitative estimate of drug-likeness (QED) is 0.794. The van der Waals surface area contributed by atoms with Crippen molar-refractivity contribution in [3.63, 3.8) is 0 Å². The molecule has 1 aliphatic carbocycles. The van der Waals surface area contributed by atoms with Crippen LogP contribution in [0.25, 0.3) is 0 Å². The molecule has 2 rings (SSSR count). The SMILES string of the molecule is CCC1(C(=O)N(C)C2CCCCC2O)CCNC1. The Morgan fingerprint density at radius 1 is 1.44 bits per heavy atom. The average Bonchev–Trinajstić information content (AvgIpc) is 2.87. The second kappa shape index (κ2) is 5.57. The van der Waals surface area contributed by atoms with Gasteiger partial charge in [-0.2, -0.15) is 0 Å². The zero-order chi connectivity index (χ0) is 13.2. The summed E-state index contributed by atoms with van der Waals surface area (Å²) in [5, 5.41) is 13.4. The molecule has 3 unspecified atom stereocenters. The summed E-state index contributed by atoms with van der Waals surface area (Å²) < 4.78 is 0. The number of carbonyl (C=O) groups excluding carboxylic acids is 1. The highest BCUT2D eigenvalue weighted by atomic mass is 16.3. The van der Waals surface area contributed by atoms with Crippen molar-refractivity contribution in [3.05, 3.63) is 0 Å². The Hall–Kier alpha value is -0.610. The minimum Gasteiger partial charge on any atom is -0.391 e. The van der Waals surface area contributed by atoms with Crippen LogP contribution in [0.3, 0.4) is 0 Å². The molecule has 2 N–H and O–H groups in total. The van der Waals surface area contributed by atoms with Crippen molar-refractivity contribution in [2.24, 2.45) is 5.41 Å². The minimum absolute atomic E-state index is 0.0234. The van der Waals surface area contributed by atoms with Gasteiger partial charge in [0.25, 0.3) is 0 Å². The predicted octanol–water partition coefficient (Wildman–Crippen LogP) is 1.14. The van der Waals surface area contributed by atoms with E-state index >= 15 is 0 Å². The van der Waals surface area contributed by atoms with Gasteiger partial charge in [-0.05, 0) is 32.2 Å². The molecule has 1 amide bonds. The molecule has 1 heterocycles. The van der Waals surface area contributed by atoms with E-state index in [0.29, 0.717) is 0 Å². The first kappa shape index (κ1) is 13.8. The van der Waals surface area contributed by atoms with Gasteiger partial charge in [-0.3, -0.25) is 4.79 Å². The Labute approximate surface area is 110 Å². The first-order valence-electron chi connectivity index (χ1n) is 7.27. The van der Waals surface area contributed by atoms with Crippen molar-refractivity contribution in [2.75, 3.05) is 20.1 Å². The molecule has 1 saturated carbocycles. The van der Waals surface area contributed by atoms with Crippen LogP contribution in [-0.4, -0.2) is 48.2 Å². The fraction of sp³-hybridized carbons (Fsp3) is 0.929. The van der Waals surface area contributed by atoms with E-state index in [-0.39, 0.29) is 23.5 Å². The van der Waals surface area contributed by atoms with Crippen molar-refractivity contribution in [1.82, 2.24) is 10.2 Å². The lowest BCUT2D eigenvalue weighted by atomic mass is 9.81. The number of likely N-dealkylation sites (N-methyl/N-ethyl adjacent to an activating group) is 1. The third-order valence-corrected chi connectivity index (χ3v) is 4.89. The number of nitrogens with zero attached hydrogens (tertiary/aromatic N) is 1. The molecule has 2 fully saturated rings. The van der Waals surface area contributed by atoms with E-state index in [1.54, 1.807) is 0 Å². The minimum atomic E-state index is -0.337. The number of amides is 1. The Kier molecular flexibility index (Phi) is 4.28. The lowest BCUT2D eigenvalue weighted by Gasteiger charge is -2.39. The van der Waals surface area contributed by atoms with Crippen molar-refractivity contribution in [3.8, 4) is 0 Å². The van der Waals surface area contributed by atoms with Crippen LogP contribution in [0.1, 0.15) is 45.4 Å². The highest BCUT2D eigenvalue weighted by molar-refractivity contribution is 5.83. The van der Waals surface area contributed by atoms with Crippen LogP contribution in [0.4, 0.5) is 0 Å². The predicted molar refractivity (Wildman–Crippen MR) is 71.2 cm³/mol. The maximum absolute atomic E-state index is 12.7. The summed E-state index contributed by atoms with van der Waals surface area (Å²) in [4.78, 5) is 14.6. The van der Waals surface area contributed by atoms with E-state index in [1.165, 1.54) is 0 Å². The lowest BCUT2D eigenvalue weighted by Crippen LogP contribution is -2.52. The van der Waals surface area contributed by atoms with E-state index in [0.717, 1.165) is 51.6 Å². The zero-order valence-corrected chi connectivity index (χ0v) is 11.6. The molecule has 4 heteroatoms. The molecular formula is C14H26N2O2. The van der Waals surface area contributed by atoms with Gasteiger partial charge < -0.3 is 15.3 Å². The number of aliphatic hydroxyl groups excluding tert-OH is 1. The number of carbonyl (C=O) groups is 1. The topological polar surface area (TPSA) is 52.6 Å². The standard InChI is InChI=1S/C14H26N2O2/c1-3-14(8-9-15-10-14)13(18)16(2)11-6-4-5-7-12(11)17/h11-12,15,17H,3-10H2,1-2H3. The van der Waals surface area contributed by atoms with Crippen molar-refractivity contribution in [1.29, 1.82) is 0 Å². The van der Waals surface area contributed by atoms with E-state index in [4.69, 9.17) is 0 Å². The Balaban J connectivity index is 2.07. The molecule has 104 valence electrons. The molecule has 1 aliphatic heterocycles. The van der Waals surface area contributed by atoms with Crippen LogP contribution >= 0.6 is 0 Å². The number of rotatable bonds is 3. The molecule has 4 nitrogen and oxygen atoms in total. The summed E-state index contributed by atoms with van der Waals surface area (Å²) in [6.07, 6.45) is 5.45. The monoisotopic (exact) mass is 254 g/mol. The van der Waals surface area contributed by atoms with E-state index < -0.39 is 0 Å². The zero-order valence-electron chi connectivity index (χ0n) is 11.6. The third-order valence-electron chi connectivity index (χ3n) is 4.89. The first-order chi connectivity index (χ1) is 8.60. The molecular weight excluding hydrogens is 228 g/mol. The van der Waals surface area contributed by atoms with Gasteiger partial charge in [-0.15, -0.1) is 0 Å². The van der Waals surface area contributed by atoms with Crippen LogP contribution < -0.4 is 5.32 Å². The maximum atomic E-state index is 12.7. The normalized spacial score (nSPS) is 36.6. The summed E-state index contributed by atoms with van der Waals surface area (Å²) in [7, 11) is 1.87. The van der Waals surface area contributed by atoms with E-state index in [1.807, 2.05) is 11.9 Å². The Morgan fingerprint density at radius 2 is 2.17 bits per heavy atom. The van der Waals surface area contributed by atoms with Crippen molar-refractivity contribution >= 4 is 5.91 Å². The number of nitrogens with one attached hydrogen (secondary N) is 1. The van der Waals surface area contributed by atoms with Gasteiger partial charge in [-0.1, -0.05) is 19.8 Å². The molecule has 0 spiro atoms. The largest absolute Gasteiger partial charge is 0.391 e. The number of hydrogen-bond donors (Lipinski definition) is 2. The Morgan fingerprint density at radius 3 is 2.72 bits per heavy atom. The smallest absolute Gasteiger partial charge is 0.230 e. The summed E-state index contributed by atoms with van der Waals surface area (Å²) in [5.74, 6) is 0.223. The number of hydrogen-bond acceptors (Lipinski definition) is 3. The van der Waals surface area contributed by atoms with Gasteiger partial charge in [-0.25, -0.2) is 0 Å². The van der Waals surface area contributed by atoms with Crippen LogP contribution in [0, 0.1) is 5.41 Å². The van der Waals surface area contributed by atoms with Crippen LogP contribution in [-0.2, 0) is 4.79 Å². The summed E-state index contributed by atoms with van der Waals surface area (Å²) in [5.41, 5.74) is -0.230. The van der Waals surface area contributed by atoms with E-state index in [9.17, 15) is 9.90 Å². The fourth-order valence-electron chi connectivity index (χ4n) is 3.45. The summed E-state index contributed by atoms with van der Waals surface area (Å²) in [6.45, 7) is 3.81. The molecule has 1 saturated heterocycles. The highest BCUT2D eigenvalue weighted by Gasteiger charge is 2.43. The molecule has 0 bridgehead atoms. The highest BCUT2D eigenvalue weighted by Crippen LogP contribution is 2.33. The molecule has 0 radical (unpaired) electrons. The number of aliphatic hydroxyl groups is 1. The summed E-state index contributed by atoms with van der Waals surface area (Å²) in [6, 6.07) is 0.0234. The lowest BCUT2D eigenvalue weighted by molar-refractivity contribution is -0.145. The van der Waals surface area contributed by atoms with Crippen LogP contribution in [0.5, 0.6) is 0 Å². The van der Waals surface area contributed by atoms with E-state index in [2.05, 4.69) is 12.2 Å². The van der Waals surface area contributed by atoms with Crippen LogP contribution in [0.2, 0.25) is 0 Å². The van der Waals surface area contributed by atoms with Gasteiger partial charge in [0.1, 0.15) is 0 Å². The molecule has 3 atom stereocenters. The second-order valence-electron chi connectivity index (χ2n) is 5.90. The molecule has 18 heavy (non-hydrogen) atoms. The first-order valence-corrected chi connectivity index (χ1v) is 7.27. The fourth-order valence-corrected chi connectivity index (χ4v) is 3.45. The van der Waals surface area contributed by atoms with Gasteiger partial charge in [0.15, 0.2) is 0 Å². The Bertz CT molecular complexity index is 300.